The van der Waals surface area contributed by atoms with Crippen molar-refractivity contribution >= 4 is 10.1 Å². The van der Waals surface area contributed by atoms with Crippen molar-refractivity contribution in [3.05, 3.63) is 0 Å². The second kappa shape index (κ2) is 1.96. The van der Waals surface area contributed by atoms with Crippen molar-refractivity contribution in [3.63, 3.8) is 0 Å². The highest BCUT2D eigenvalue weighted by Gasteiger charge is 2.67. The fourth-order valence-corrected chi connectivity index (χ4v) is 5.71. The highest BCUT2D eigenvalue weighted by atomic mass is 32.2. The topological polar surface area (TPSA) is 43.4 Å². The van der Waals surface area contributed by atoms with Crippen molar-refractivity contribution in [2.75, 3.05) is 0 Å². The Bertz CT molecular complexity index is 357. The molecular formula is C9H14O3S. The van der Waals surface area contributed by atoms with E-state index in [0.717, 1.165) is 12.8 Å². The molecule has 2 aliphatic carbocycles. The molecule has 2 saturated carbocycles. The van der Waals surface area contributed by atoms with Crippen LogP contribution < -0.4 is 0 Å². The molecule has 1 saturated heterocycles. The van der Waals surface area contributed by atoms with E-state index in [1.165, 1.54) is 0 Å². The number of hydrogen-bond donors (Lipinski definition) is 0. The lowest BCUT2D eigenvalue weighted by molar-refractivity contribution is 0.171. The summed E-state index contributed by atoms with van der Waals surface area (Å²) in [4.78, 5) is 0. The Morgan fingerprint density at radius 3 is 2.46 bits per heavy atom. The maximum Gasteiger partial charge on any atom is 0.270 e. The summed E-state index contributed by atoms with van der Waals surface area (Å²) in [5.74, 6) is 0.826. The molecule has 0 radical (unpaired) electrons. The van der Waals surface area contributed by atoms with Crippen molar-refractivity contribution in [1.29, 1.82) is 0 Å². The molecular weight excluding hydrogens is 188 g/mol. The van der Waals surface area contributed by atoms with Gasteiger partial charge in [0, 0.05) is 5.92 Å². The Kier molecular flexibility index (Phi) is 1.24. The first-order chi connectivity index (χ1) is 5.93. The van der Waals surface area contributed by atoms with E-state index >= 15 is 0 Å². The van der Waals surface area contributed by atoms with Crippen LogP contribution in [0.3, 0.4) is 0 Å². The van der Waals surface area contributed by atoms with Crippen LogP contribution in [0.1, 0.15) is 26.7 Å². The standard InChI is InChI=1S/C9H14O3S/c1-9(2)5-3-6-8(9)7(4-5)13(10,11)12-6/h5-8H,3-4H2,1-2H3. The van der Waals surface area contributed by atoms with Crippen molar-refractivity contribution in [3.8, 4) is 0 Å². The molecule has 13 heavy (non-hydrogen) atoms. The molecule has 4 atom stereocenters. The molecule has 0 aromatic carbocycles. The maximum absolute atomic E-state index is 11.5. The zero-order valence-electron chi connectivity index (χ0n) is 7.86. The molecule has 3 fully saturated rings. The summed E-state index contributed by atoms with van der Waals surface area (Å²) < 4.78 is 28.2. The summed E-state index contributed by atoms with van der Waals surface area (Å²) in [7, 11) is -3.20. The molecule has 2 bridgehead atoms. The summed E-state index contributed by atoms with van der Waals surface area (Å²) in [6, 6.07) is 0. The first kappa shape index (κ1) is 8.24. The van der Waals surface area contributed by atoms with Gasteiger partial charge in [0.1, 0.15) is 0 Å². The van der Waals surface area contributed by atoms with Crippen LogP contribution in [-0.4, -0.2) is 19.8 Å². The van der Waals surface area contributed by atoms with Crippen LogP contribution in [0.4, 0.5) is 0 Å². The fraction of sp³-hybridized carbons (Fsp3) is 1.00. The van der Waals surface area contributed by atoms with Gasteiger partial charge in [0.15, 0.2) is 0 Å². The van der Waals surface area contributed by atoms with Gasteiger partial charge < -0.3 is 0 Å². The first-order valence-corrected chi connectivity index (χ1v) is 6.32. The average molecular weight is 202 g/mol. The predicted molar refractivity (Wildman–Crippen MR) is 47.6 cm³/mol. The van der Waals surface area contributed by atoms with E-state index < -0.39 is 10.1 Å². The Morgan fingerprint density at radius 1 is 1.31 bits per heavy atom. The lowest BCUT2D eigenvalue weighted by Gasteiger charge is -2.23. The van der Waals surface area contributed by atoms with Crippen molar-refractivity contribution in [1.82, 2.24) is 0 Å². The second-order valence-electron chi connectivity index (χ2n) is 5.18. The zero-order valence-corrected chi connectivity index (χ0v) is 8.67. The van der Waals surface area contributed by atoms with Crippen molar-refractivity contribution < 1.29 is 12.6 Å². The Morgan fingerprint density at radius 2 is 2.00 bits per heavy atom. The van der Waals surface area contributed by atoms with E-state index in [9.17, 15) is 8.42 Å². The van der Waals surface area contributed by atoms with Crippen LogP contribution in [0.15, 0.2) is 0 Å². The molecule has 0 aromatic rings. The van der Waals surface area contributed by atoms with Crippen LogP contribution in [0.5, 0.6) is 0 Å². The van der Waals surface area contributed by atoms with Gasteiger partial charge in [0.2, 0.25) is 0 Å². The highest BCUT2D eigenvalue weighted by Crippen LogP contribution is 2.63. The smallest absolute Gasteiger partial charge is 0.266 e. The Labute approximate surface area is 78.6 Å². The van der Waals surface area contributed by atoms with E-state index in [1.54, 1.807) is 0 Å². The van der Waals surface area contributed by atoms with E-state index in [4.69, 9.17) is 4.18 Å². The van der Waals surface area contributed by atoms with Crippen LogP contribution in [0.2, 0.25) is 0 Å². The zero-order chi connectivity index (χ0) is 9.43. The lowest BCUT2D eigenvalue weighted by atomic mass is 9.82. The summed E-state index contributed by atoms with van der Waals surface area (Å²) >= 11 is 0. The van der Waals surface area contributed by atoms with E-state index in [1.807, 2.05) is 0 Å². The summed E-state index contributed by atoms with van der Waals surface area (Å²) in [5.41, 5.74) is 0.179. The van der Waals surface area contributed by atoms with Gasteiger partial charge in [-0.3, -0.25) is 4.18 Å². The SMILES string of the molecule is CC1(C)C2CC3OS(=O)(=O)C(C2)C31. The van der Waals surface area contributed by atoms with Crippen molar-refractivity contribution in [2.45, 2.75) is 38.0 Å². The Balaban J connectivity index is 2.15. The Hall–Kier alpha value is -0.0900. The maximum atomic E-state index is 11.5. The van der Waals surface area contributed by atoms with E-state index in [0.29, 0.717) is 5.92 Å². The van der Waals surface area contributed by atoms with E-state index in [-0.39, 0.29) is 22.7 Å². The second-order valence-corrected chi connectivity index (χ2v) is 6.96. The van der Waals surface area contributed by atoms with Gasteiger partial charge in [-0.2, -0.15) is 8.42 Å². The van der Waals surface area contributed by atoms with Crippen LogP contribution in [-0.2, 0) is 14.3 Å². The fourth-order valence-electron chi connectivity index (χ4n) is 3.67. The highest BCUT2D eigenvalue weighted by molar-refractivity contribution is 7.87. The predicted octanol–water partition coefficient (Wildman–Crippen LogP) is 1.15. The molecule has 1 heterocycles. The summed E-state index contributed by atoms with van der Waals surface area (Å²) in [6.45, 7) is 4.37. The van der Waals surface area contributed by atoms with Gasteiger partial charge in [-0.05, 0) is 24.2 Å². The third kappa shape index (κ3) is 0.773. The lowest BCUT2D eigenvalue weighted by Crippen LogP contribution is -2.26. The number of rotatable bonds is 0. The van der Waals surface area contributed by atoms with Crippen molar-refractivity contribution in [2.24, 2.45) is 17.3 Å². The summed E-state index contributed by atoms with van der Waals surface area (Å²) in [6.07, 6.45) is 1.79. The van der Waals surface area contributed by atoms with Gasteiger partial charge in [-0.25, -0.2) is 0 Å². The monoisotopic (exact) mass is 202 g/mol. The molecule has 3 rings (SSSR count). The van der Waals surface area contributed by atoms with Crippen LogP contribution in [0, 0.1) is 17.3 Å². The molecule has 3 aliphatic rings. The molecule has 4 heteroatoms. The molecule has 3 nitrogen and oxygen atoms in total. The van der Waals surface area contributed by atoms with E-state index in [2.05, 4.69) is 13.8 Å². The van der Waals surface area contributed by atoms with Gasteiger partial charge in [-0.1, -0.05) is 13.8 Å². The number of hydrogen-bond acceptors (Lipinski definition) is 3. The van der Waals surface area contributed by atoms with Gasteiger partial charge >= 0.3 is 0 Å². The molecule has 1 aliphatic heterocycles. The summed E-state index contributed by atoms with van der Waals surface area (Å²) in [5, 5.41) is -0.189. The molecule has 0 amide bonds. The minimum atomic E-state index is -3.20. The largest absolute Gasteiger partial charge is 0.270 e. The third-order valence-electron chi connectivity index (χ3n) is 4.37. The first-order valence-electron chi connectivity index (χ1n) is 4.85. The minimum Gasteiger partial charge on any atom is -0.266 e. The molecule has 74 valence electrons. The quantitative estimate of drug-likeness (QED) is 0.553. The molecule has 0 spiro atoms. The van der Waals surface area contributed by atoms with Crippen LogP contribution >= 0.6 is 0 Å². The average Bonchev–Trinajstić information content (AvgIpc) is 2.41. The van der Waals surface area contributed by atoms with Gasteiger partial charge in [0.05, 0.1) is 11.4 Å². The normalized spacial score (nSPS) is 54.3. The molecule has 0 aromatic heterocycles. The third-order valence-corrected chi connectivity index (χ3v) is 6.12. The van der Waals surface area contributed by atoms with Gasteiger partial charge in [0.25, 0.3) is 10.1 Å². The molecule has 4 unspecified atom stereocenters. The van der Waals surface area contributed by atoms with Gasteiger partial charge in [-0.15, -0.1) is 0 Å². The van der Waals surface area contributed by atoms with Crippen LogP contribution in [0.25, 0.3) is 0 Å². The number of fused-ring (bicyclic) bond motifs is 1. The minimum absolute atomic E-state index is 0.00347. The molecule has 0 N–H and O–H groups in total.